The molecule has 0 saturated carbocycles. The van der Waals surface area contributed by atoms with E-state index in [1.807, 2.05) is 34.6 Å². The number of fused-ring (bicyclic) bond motifs is 7. The first-order valence-electron chi connectivity index (χ1n) is 12.6. The molecule has 35 heavy (non-hydrogen) atoms. The van der Waals surface area contributed by atoms with Crippen molar-refractivity contribution in [3.05, 3.63) is 73.5 Å². The third-order valence-electron chi connectivity index (χ3n) is 8.03. The lowest BCUT2D eigenvalue weighted by molar-refractivity contribution is -0.140. The second-order valence-electron chi connectivity index (χ2n) is 10.3. The number of nitrogens with zero attached hydrogens (tertiary/aromatic N) is 2. The van der Waals surface area contributed by atoms with Crippen LogP contribution in [-0.2, 0) is 24.2 Å². The third-order valence-corrected chi connectivity index (χ3v) is 8.03. The summed E-state index contributed by atoms with van der Waals surface area (Å²) in [6, 6.07) is 9.26. The van der Waals surface area contributed by atoms with Crippen molar-refractivity contribution in [3.8, 4) is 5.75 Å². The Morgan fingerprint density at radius 1 is 1.06 bits per heavy atom. The molecule has 2 aromatic heterocycles. The molecule has 1 aliphatic carbocycles. The number of aryl methyl sites for hydroxylation is 2. The van der Waals surface area contributed by atoms with Gasteiger partial charge in [-0.2, -0.15) is 0 Å². The van der Waals surface area contributed by atoms with E-state index in [-0.39, 0.29) is 28.9 Å². The molecule has 7 nitrogen and oxygen atoms in total. The van der Waals surface area contributed by atoms with Crippen molar-refractivity contribution in [2.45, 2.75) is 64.5 Å². The average molecular weight is 475 g/mol. The predicted octanol–water partition coefficient (Wildman–Crippen LogP) is 3.56. The molecule has 0 N–H and O–H groups in total. The van der Waals surface area contributed by atoms with Gasteiger partial charge in [0.05, 0.1) is 0 Å². The fourth-order valence-corrected chi connectivity index (χ4v) is 6.33. The molecule has 1 aromatic carbocycles. The number of likely N-dealkylation sites (tertiary alicyclic amines) is 1. The first kappa shape index (κ1) is 22.1. The second-order valence-corrected chi connectivity index (χ2v) is 10.3. The molecule has 3 atom stereocenters. The van der Waals surface area contributed by atoms with E-state index in [0.717, 1.165) is 59.9 Å². The maximum absolute atomic E-state index is 13.4. The van der Waals surface area contributed by atoms with Crippen LogP contribution < -0.4 is 15.9 Å². The largest absolute Gasteiger partial charge is 0.480 e. The Bertz CT molecular complexity index is 1450. The number of carbonyl (C=O) groups excluding carboxylic acids is 1. The van der Waals surface area contributed by atoms with Gasteiger partial charge < -0.3 is 18.6 Å². The maximum atomic E-state index is 13.4. The van der Waals surface area contributed by atoms with Crippen LogP contribution in [0.4, 0.5) is 0 Å². The van der Waals surface area contributed by atoms with E-state index >= 15 is 0 Å². The molecule has 3 aromatic rings. The van der Waals surface area contributed by atoms with Gasteiger partial charge in [0.15, 0.2) is 6.10 Å². The molecule has 4 heterocycles. The van der Waals surface area contributed by atoms with Gasteiger partial charge in [-0.1, -0.05) is 6.07 Å². The van der Waals surface area contributed by atoms with E-state index < -0.39 is 6.10 Å². The molecule has 2 aliphatic heterocycles. The lowest BCUT2D eigenvalue weighted by Crippen LogP contribution is -2.52. The second kappa shape index (κ2) is 8.40. The van der Waals surface area contributed by atoms with Crippen LogP contribution in [0.2, 0.25) is 0 Å². The summed E-state index contributed by atoms with van der Waals surface area (Å²) >= 11 is 0. The highest BCUT2D eigenvalue weighted by Crippen LogP contribution is 2.36. The smallest absolute Gasteiger partial charge is 0.339 e. The van der Waals surface area contributed by atoms with Crippen LogP contribution in [0.1, 0.15) is 54.5 Å². The Hall–Kier alpha value is -3.35. The van der Waals surface area contributed by atoms with Crippen LogP contribution in [0.5, 0.6) is 5.75 Å². The Morgan fingerprint density at radius 3 is 2.69 bits per heavy atom. The Balaban J connectivity index is 1.24. The minimum Gasteiger partial charge on any atom is -0.480 e. The molecule has 1 fully saturated rings. The molecule has 182 valence electrons. The summed E-state index contributed by atoms with van der Waals surface area (Å²) in [7, 11) is 0. The number of hydrogen-bond acceptors (Lipinski definition) is 5. The standard InChI is InChI=1S/C28H30N2O5/c1-16-24(11-10-21-20-6-3-4-7-22(20)28(33)35-26(16)21)34-17(2)27(32)29-13-18-12-19(15-29)23-8-5-9-25(31)30(23)14-18/h5,8-11,17-19H,3-4,6-7,12-15H2,1-2H3. The molecule has 2 bridgehead atoms. The molecule has 3 unspecified atom stereocenters. The molecular formula is C28H30N2O5. The van der Waals surface area contributed by atoms with E-state index in [0.29, 0.717) is 31.0 Å². The molecule has 0 spiro atoms. The van der Waals surface area contributed by atoms with Crippen molar-refractivity contribution in [2.75, 3.05) is 13.1 Å². The van der Waals surface area contributed by atoms with Gasteiger partial charge in [0.1, 0.15) is 11.3 Å². The highest BCUT2D eigenvalue weighted by molar-refractivity contribution is 5.86. The van der Waals surface area contributed by atoms with Crippen molar-refractivity contribution in [2.24, 2.45) is 5.92 Å². The normalized spacial score (nSPS) is 21.8. The average Bonchev–Trinajstić information content (AvgIpc) is 2.86. The zero-order valence-electron chi connectivity index (χ0n) is 20.2. The molecule has 1 amide bonds. The molecule has 0 radical (unpaired) electrons. The van der Waals surface area contributed by atoms with Crippen LogP contribution in [0.3, 0.4) is 0 Å². The molecular weight excluding hydrogens is 444 g/mol. The van der Waals surface area contributed by atoms with Crippen molar-refractivity contribution >= 4 is 16.9 Å². The van der Waals surface area contributed by atoms with Gasteiger partial charge in [0, 0.05) is 53.8 Å². The van der Waals surface area contributed by atoms with Crippen molar-refractivity contribution < 1.29 is 13.9 Å². The van der Waals surface area contributed by atoms with E-state index in [9.17, 15) is 14.4 Å². The number of ether oxygens (including phenoxy) is 1. The van der Waals surface area contributed by atoms with E-state index in [1.54, 1.807) is 19.1 Å². The van der Waals surface area contributed by atoms with Crippen LogP contribution in [-0.4, -0.2) is 34.6 Å². The lowest BCUT2D eigenvalue weighted by atomic mass is 9.83. The van der Waals surface area contributed by atoms with E-state index in [1.165, 1.54) is 0 Å². The van der Waals surface area contributed by atoms with Gasteiger partial charge in [-0.25, -0.2) is 4.79 Å². The number of rotatable bonds is 3. The van der Waals surface area contributed by atoms with Gasteiger partial charge in [0.25, 0.3) is 11.5 Å². The quantitative estimate of drug-likeness (QED) is 0.542. The van der Waals surface area contributed by atoms with Gasteiger partial charge in [-0.3, -0.25) is 9.59 Å². The Morgan fingerprint density at radius 2 is 1.86 bits per heavy atom. The summed E-state index contributed by atoms with van der Waals surface area (Å²) in [6.45, 7) is 5.52. The zero-order valence-corrected chi connectivity index (χ0v) is 20.2. The van der Waals surface area contributed by atoms with Crippen LogP contribution in [0.25, 0.3) is 11.0 Å². The monoisotopic (exact) mass is 474 g/mol. The van der Waals surface area contributed by atoms with E-state index in [2.05, 4.69) is 0 Å². The molecule has 1 saturated heterocycles. The highest BCUT2D eigenvalue weighted by atomic mass is 16.5. The number of pyridine rings is 1. The summed E-state index contributed by atoms with van der Waals surface area (Å²) in [6.07, 6.45) is 4.07. The summed E-state index contributed by atoms with van der Waals surface area (Å²) in [5.74, 6) is 0.931. The first-order chi connectivity index (χ1) is 16.9. The van der Waals surface area contributed by atoms with Crippen molar-refractivity contribution in [1.29, 1.82) is 0 Å². The SMILES string of the molecule is Cc1c(OC(C)C(=O)N2CC3CC(C2)c2cccc(=O)n2C3)ccc2c3c(c(=O)oc12)CCCC3. The van der Waals surface area contributed by atoms with Crippen LogP contribution in [0, 0.1) is 12.8 Å². The topological polar surface area (TPSA) is 81.8 Å². The predicted molar refractivity (Wildman–Crippen MR) is 132 cm³/mol. The number of hydrogen-bond donors (Lipinski definition) is 0. The summed E-state index contributed by atoms with van der Waals surface area (Å²) in [5, 5.41) is 0.973. The third kappa shape index (κ3) is 3.68. The number of carbonyl (C=O) groups is 1. The van der Waals surface area contributed by atoms with Gasteiger partial charge >= 0.3 is 5.63 Å². The fourth-order valence-electron chi connectivity index (χ4n) is 6.33. The minimum absolute atomic E-state index is 0.0355. The molecule has 3 aliphatic rings. The van der Waals surface area contributed by atoms with Gasteiger partial charge in [-0.05, 0) is 75.6 Å². The Labute approximate surface area is 203 Å². The lowest BCUT2D eigenvalue weighted by Gasteiger charge is -2.43. The van der Waals surface area contributed by atoms with Gasteiger partial charge in [0.2, 0.25) is 0 Å². The van der Waals surface area contributed by atoms with Crippen molar-refractivity contribution in [3.63, 3.8) is 0 Å². The summed E-state index contributed by atoms with van der Waals surface area (Å²) in [4.78, 5) is 40.2. The van der Waals surface area contributed by atoms with E-state index in [4.69, 9.17) is 9.15 Å². The molecule has 6 rings (SSSR count). The zero-order chi connectivity index (χ0) is 24.3. The van der Waals surface area contributed by atoms with Crippen LogP contribution >= 0.6 is 0 Å². The number of piperidine rings is 1. The number of benzene rings is 1. The van der Waals surface area contributed by atoms with Crippen LogP contribution in [0.15, 0.2) is 44.3 Å². The summed E-state index contributed by atoms with van der Waals surface area (Å²) < 4.78 is 13.7. The van der Waals surface area contributed by atoms with Crippen molar-refractivity contribution in [1.82, 2.24) is 9.47 Å². The number of aromatic nitrogens is 1. The molecule has 7 heteroatoms. The van der Waals surface area contributed by atoms with Gasteiger partial charge in [-0.15, -0.1) is 0 Å². The first-order valence-corrected chi connectivity index (χ1v) is 12.6. The fraction of sp³-hybridized carbons (Fsp3) is 0.464. The summed E-state index contributed by atoms with van der Waals surface area (Å²) in [5.41, 5.74) is 4.01. The Kier molecular flexibility index (Phi) is 5.31. The maximum Gasteiger partial charge on any atom is 0.339 e. The highest BCUT2D eigenvalue weighted by Gasteiger charge is 2.37. The number of amides is 1. The minimum atomic E-state index is -0.674.